The van der Waals surface area contributed by atoms with E-state index in [0.717, 1.165) is 22.8 Å². The normalized spacial score (nSPS) is 11.3. The van der Waals surface area contributed by atoms with Gasteiger partial charge in [0, 0.05) is 22.4 Å². The van der Waals surface area contributed by atoms with E-state index in [9.17, 15) is 8.78 Å². The van der Waals surface area contributed by atoms with Crippen LogP contribution >= 0.6 is 0 Å². The van der Waals surface area contributed by atoms with E-state index in [0.29, 0.717) is 5.69 Å². The fourth-order valence-corrected chi connectivity index (χ4v) is 3.58. The van der Waals surface area contributed by atoms with Crippen LogP contribution in [0.5, 0.6) is 0 Å². The molecule has 0 bridgehead atoms. The third-order valence-corrected chi connectivity index (χ3v) is 4.79. The largest absolute Gasteiger partial charge is 0.308 e. The first-order valence-corrected chi connectivity index (χ1v) is 8.62. The van der Waals surface area contributed by atoms with Crippen LogP contribution in [0.15, 0.2) is 85.1 Å². The molecular formula is C23H14F2N2. The van der Waals surface area contributed by atoms with Crippen molar-refractivity contribution < 1.29 is 8.78 Å². The summed E-state index contributed by atoms with van der Waals surface area (Å²) in [6.45, 7) is 0. The highest BCUT2D eigenvalue weighted by Gasteiger charge is 2.12. The Bertz CT molecular complexity index is 1230. The lowest BCUT2D eigenvalue weighted by atomic mass is 10.1. The average Bonchev–Trinajstić information content (AvgIpc) is 3.03. The van der Waals surface area contributed by atoms with Crippen LogP contribution in [0.4, 0.5) is 8.78 Å². The van der Waals surface area contributed by atoms with E-state index in [1.165, 1.54) is 22.9 Å². The molecule has 130 valence electrons. The molecule has 0 amide bonds. The average molecular weight is 356 g/mol. The molecule has 5 aromatic rings. The molecule has 5 rings (SSSR count). The molecule has 3 aromatic carbocycles. The van der Waals surface area contributed by atoms with Gasteiger partial charge in [0.05, 0.1) is 28.6 Å². The Hall–Kier alpha value is -3.53. The number of hydrogen-bond donors (Lipinski definition) is 0. The highest BCUT2D eigenvalue weighted by molar-refractivity contribution is 6.09. The van der Waals surface area contributed by atoms with Crippen molar-refractivity contribution in [3.05, 3.63) is 96.7 Å². The van der Waals surface area contributed by atoms with Crippen LogP contribution in [0, 0.1) is 11.6 Å². The van der Waals surface area contributed by atoms with Gasteiger partial charge < -0.3 is 4.57 Å². The Balaban J connectivity index is 1.69. The van der Waals surface area contributed by atoms with E-state index in [1.807, 2.05) is 30.3 Å². The van der Waals surface area contributed by atoms with Crippen molar-refractivity contribution in [1.29, 1.82) is 0 Å². The summed E-state index contributed by atoms with van der Waals surface area (Å²) in [6.07, 6.45) is 1.72. The van der Waals surface area contributed by atoms with Crippen LogP contribution in [0.25, 0.3) is 38.8 Å². The van der Waals surface area contributed by atoms with E-state index in [1.54, 1.807) is 12.3 Å². The molecule has 0 aliphatic carbocycles. The summed E-state index contributed by atoms with van der Waals surface area (Å²) in [5.74, 6) is -1.22. The standard InChI is InChI=1S/C23H14F2N2/c24-15-9-11-19(20(25)13-15)21-12-10-16(14-26-21)27-22-7-3-1-5-17(22)18-6-2-4-8-23(18)27/h1-14H. The zero-order valence-electron chi connectivity index (χ0n) is 14.2. The Kier molecular flexibility index (Phi) is 3.50. The minimum Gasteiger partial charge on any atom is -0.308 e. The topological polar surface area (TPSA) is 17.8 Å². The number of nitrogens with zero attached hydrogens (tertiary/aromatic N) is 2. The van der Waals surface area contributed by atoms with Crippen LogP contribution in [0.3, 0.4) is 0 Å². The van der Waals surface area contributed by atoms with Crippen molar-refractivity contribution >= 4 is 21.8 Å². The lowest BCUT2D eigenvalue weighted by molar-refractivity contribution is 0.585. The van der Waals surface area contributed by atoms with Crippen molar-refractivity contribution in [1.82, 2.24) is 9.55 Å². The number of para-hydroxylation sites is 2. The quantitative estimate of drug-likeness (QED) is 0.372. The van der Waals surface area contributed by atoms with Gasteiger partial charge in [-0.2, -0.15) is 0 Å². The first-order chi connectivity index (χ1) is 13.2. The Morgan fingerprint density at radius 2 is 1.37 bits per heavy atom. The molecule has 0 atom stereocenters. The summed E-state index contributed by atoms with van der Waals surface area (Å²) in [5.41, 5.74) is 3.81. The lowest BCUT2D eigenvalue weighted by Crippen LogP contribution is -1.96. The number of halogens is 2. The van der Waals surface area contributed by atoms with Crippen LogP contribution in [0.1, 0.15) is 0 Å². The number of rotatable bonds is 2. The van der Waals surface area contributed by atoms with Gasteiger partial charge in [0.15, 0.2) is 0 Å². The summed E-state index contributed by atoms with van der Waals surface area (Å²) >= 11 is 0. The second-order valence-electron chi connectivity index (χ2n) is 6.40. The van der Waals surface area contributed by atoms with Gasteiger partial charge in [-0.25, -0.2) is 8.78 Å². The molecule has 0 fully saturated rings. The van der Waals surface area contributed by atoms with Crippen LogP contribution in [-0.2, 0) is 0 Å². The fourth-order valence-electron chi connectivity index (χ4n) is 3.58. The minimum atomic E-state index is -0.618. The second-order valence-corrected chi connectivity index (χ2v) is 6.40. The number of pyridine rings is 1. The zero-order valence-corrected chi connectivity index (χ0v) is 14.2. The lowest BCUT2D eigenvalue weighted by Gasteiger charge is -2.09. The van der Waals surface area contributed by atoms with Gasteiger partial charge in [-0.05, 0) is 36.4 Å². The Labute approximate surface area is 154 Å². The number of benzene rings is 3. The highest BCUT2D eigenvalue weighted by atomic mass is 19.1. The maximum Gasteiger partial charge on any atom is 0.135 e. The third-order valence-electron chi connectivity index (χ3n) is 4.79. The maximum absolute atomic E-state index is 14.0. The monoisotopic (exact) mass is 356 g/mol. The Morgan fingerprint density at radius 1 is 0.704 bits per heavy atom. The molecule has 0 aliphatic heterocycles. The molecule has 27 heavy (non-hydrogen) atoms. The summed E-state index contributed by atoms with van der Waals surface area (Å²) in [7, 11) is 0. The SMILES string of the molecule is Fc1ccc(-c2ccc(-n3c4ccccc4c4ccccc43)cn2)c(F)c1. The molecule has 0 spiro atoms. The van der Waals surface area contributed by atoms with Gasteiger partial charge in [0.2, 0.25) is 0 Å². The van der Waals surface area contributed by atoms with Crippen molar-refractivity contribution in [3.63, 3.8) is 0 Å². The number of hydrogen-bond acceptors (Lipinski definition) is 1. The smallest absolute Gasteiger partial charge is 0.135 e. The molecule has 4 heteroatoms. The summed E-state index contributed by atoms with van der Waals surface area (Å²) in [4.78, 5) is 4.43. The molecule has 0 saturated heterocycles. The molecule has 0 radical (unpaired) electrons. The van der Waals surface area contributed by atoms with Gasteiger partial charge in [-0.1, -0.05) is 36.4 Å². The van der Waals surface area contributed by atoms with Crippen molar-refractivity contribution in [2.75, 3.05) is 0 Å². The highest BCUT2D eigenvalue weighted by Crippen LogP contribution is 2.32. The van der Waals surface area contributed by atoms with E-state index < -0.39 is 11.6 Å². The number of aromatic nitrogens is 2. The molecule has 0 unspecified atom stereocenters. The minimum absolute atomic E-state index is 0.283. The predicted octanol–water partition coefficient (Wildman–Crippen LogP) is 6.12. The molecule has 0 N–H and O–H groups in total. The fraction of sp³-hybridized carbons (Fsp3) is 0. The van der Waals surface area contributed by atoms with Gasteiger partial charge in [-0.3, -0.25) is 4.98 Å². The predicted molar refractivity (Wildman–Crippen MR) is 104 cm³/mol. The van der Waals surface area contributed by atoms with Gasteiger partial charge in [-0.15, -0.1) is 0 Å². The van der Waals surface area contributed by atoms with Crippen molar-refractivity contribution in [2.45, 2.75) is 0 Å². The molecule has 2 heterocycles. The maximum atomic E-state index is 14.0. The van der Waals surface area contributed by atoms with Crippen LogP contribution in [-0.4, -0.2) is 9.55 Å². The van der Waals surface area contributed by atoms with Crippen molar-refractivity contribution in [3.8, 4) is 16.9 Å². The summed E-state index contributed by atoms with van der Waals surface area (Å²) < 4.78 is 29.3. The van der Waals surface area contributed by atoms with Crippen molar-refractivity contribution in [2.24, 2.45) is 0 Å². The summed E-state index contributed by atoms with van der Waals surface area (Å²) in [6, 6.07) is 23.6. The third kappa shape index (κ3) is 2.49. The Morgan fingerprint density at radius 3 is 1.96 bits per heavy atom. The first-order valence-electron chi connectivity index (χ1n) is 8.62. The zero-order chi connectivity index (χ0) is 18.4. The van der Waals surface area contributed by atoms with Crippen LogP contribution in [0.2, 0.25) is 0 Å². The first kappa shape index (κ1) is 15.7. The summed E-state index contributed by atoms with van der Waals surface area (Å²) in [5, 5.41) is 2.34. The number of fused-ring (bicyclic) bond motifs is 3. The molecular weight excluding hydrogens is 342 g/mol. The van der Waals surface area contributed by atoms with Gasteiger partial charge >= 0.3 is 0 Å². The van der Waals surface area contributed by atoms with Crippen LogP contribution < -0.4 is 0 Å². The molecule has 0 aliphatic rings. The molecule has 0 saturated carbocycles. The molecule has 2 nitrogen and oxygen atoms in total. The van der Waals surface area contributed by atoms with E-state index in [4.69, 9.17) is 0 Å². The van der Waals surface area contributed by atoms with E-state index in [-0.39, 0.29) is 5.56 Å². The molecule has 2 aromatic heterocycles. The van der Waals surface area contributed by atoms with Gasteiger partial charge in [0.1, 0.15) is 11.6 Å². The van der Waals surface area contributed by atoms with E-state index >= 15 is 0 Å². The van der Waals surface area contributed by atoms with Gasteiger partial charge in [0.25, 0.3) is 0 Å². The van der Waals surface area contributed by atoms with E-state index in [2.05, 4.69) is 33.8 Å². The second kappa shape index (κ2) is 6.02.